The average molecular weight is 257 g/mol. The normalized spacial score (nSPS) is 21.6. The summed E-state index contributed by atoms with van der Waals surface area (Å²) in [6.45, 7) is 2.21. The Balaban J connectivity index is 2.06. The fourth-order valence-electron chi connectivity index (χ4n) is 1.74. The highest BCUT2D eigenvalue weighted by atomic mass is 79.9. The lowest BCUT2D eigenvalue weighted by atomic mass is 10.1. The van der Waals surface area contributed by atoms with Crippen LogP contribution in [0.25, 0.3) is 0 Å². The summed E-state index contributed by atoms with van der Waals surface area (Å²) in [6.07, 6.45) is 2.87. The summed E-state index contributed by atoms with van der Waals surface area (Å²) in [6, 6.07) is 4.00. The number of halogens is 1. The topological polar surface area (TPSA) is 36.4 Å². The van der Waals surface area contributed by atoms with Gasteiger partial charge in [-0.15, -0.1) is 0 Å². The van der Waals surface area contributed by atoms with E-state index >= 15 is 0 Å². The van der Waals surface area contributed by atoms with Crippen molar-refractivity contribution in [2.75, 3.05) is 24.6 Å². The number of hydrogen-bond acceptors (Lipinski definition) is 3. The number of nitrogens with zero attached hydrogens (tertiary/aromatic N) is 2. The lowest BCUT2D eigenvalue weighted by Crippen LogP contribution is -2.21. The Morgan fingerprint density at radius 1 is 1.57 bits per heavy atom. The van der Waals surface area contributed by atoms with E-state index in [0.29, 0.717) is 5.92 Å². The Morgan fingerprint density at radius 3 is 3.00 bits per heavy atom. The molecule has 4 heteroatoms. The minimum atomic E-state index is 0.285. The van der Waals surface area contributed by atoms with Crippen molar-refractivity contribution in [2.24, 2.45) is 5.92 Å². The molecule has 0 amide bonds. The lowest BCUT2D eigenvalue weighted by molar-refractivity contribution is 0.238. The Kier molecular flexibility index (Phi) is 3.03. The van der Waals surface area contributed by atoms with Gasteiger partial charge in [-0.05, 0) is 34.5 Å². The highest BCUT2D eigenvalue weighted by Gasteiger charge is 2.22. The third-order valence-corrected chi connectivity index (χ3v) is 3.05. The number of pyridine rings is 1. The summed E-state index contributed by atoms with van der Waals surface area (Å²) in [5.41, 5.74) is 0. The van der Waals surface area contributed by atoms with Crippen LogP contribution in [-0.2, 0) is 0 Å². The van der Waals surface area contributed by atoms with Crippen LogP contribution >= 0.6 is 15.9 Å². The summed E-state index contributed by atoms with van der Waals surface area (Å²) >= 11 is 3.36. The highest BCUT2D eigenvalue weighted by molar-refractivity contribution is 9.10. The molecule has 0 unspecified atom stereocenters. The molecule has 1 aliphatic rings. The molecule has 14 heavy (non-hydrogen) atoms. The first-order valence-electron chi connectivity index (χ1n) is 4.77. The van der Waals surface area contributed by atoms with Gasteiger partial charge in [-0.1, -0.05) is 0 Å². The van der Waals surface area contributed by atoms with Crippen LogP contribution in [0.15, 0.2) is 22.8 Å². The van der Waals surface area contributed by atoms with Crippen molar-refractivity contribution in [2.45, 2.75) is 6.42 Å². The summed E-state index contributed by atoms with van der Waals surface area (Å²) in [4.78, 5) is 6.54. The number of aliphatic hydroxyl groups is 1. The second-order valence-corrected chi connectivity index (χ2v) is 4.53. The molecular formula is C10H13BrN2O. The van der Waals surface area contributed by atoms with E-state index in [-0.39, 0.29) is 6.61 Å². The molecule has 0 spiro atoms. The van der Waals surface area contributed by atoms with E-state index in [0.717, 1.165) is 29.8 Å². The predicted molar refractivity (Wildman–Crippen MR) is 59.3 cm³/mol. The summed E-state index contributed by atoms with van der Waals surface area (Å²) < 4.78 is 0.999. The largest absolute Gasteiger partial charge is 0.396 e. The summed E-state index contributed by atoms with van der Waals surface area (Å²) in [5, 5.41) is 9.02. The predicted octanol–water partition coefficient (Wildman–Crippen LogP) is 1.66. The van der Waals surface area contributed by atoms with Gasteiger partial charge >= 0.3 is 0 Å². The molecular weight excluding hydrogens is 244 g/mol. The van der Waals surface area contributed by atoms with E-state index in [1.807, 2.05) is 18.3 Å². The molecule has 1 aromatic rings. The highest BCUT2D eigenvalue weighted by Crippen LogP contribution is 2.22. The van der Waals surface area contributed by atoms with Crippen molar-refractivity contribution < 1.29 is 5.11 Å². The Morgan fingerprint density at radius 2 is 2.43 bits per heavy atom. The van der Waals surface area contributed by atoms with E-state index in [2.05, 4.69) is 25.8 Å². The fourth-order valence-corrected chi connectivity index (χ4v) is 1.98. The fraction of sp³-hybridized carbons (Fsp3) is 0.500. The van der Waals surface area contributed by atoms with Crippen LogP contribution in [0.5, 0.6) is 0 Å². The van der Waals surface area contributed by atoms with Gasteiger partial charge in [0.15, 0.2) is 0 Å². The Bertz CT molecular complexity index is 301. The minimum absolute atomic E-state index is 0.285. The zero-order chi connectivity index (χ0) is 9.97. The van der Waals surface area contributed by atoms with E-state index in [1.165, 1.54) is 0 Å². The van der Waals surface area contributed by atoms with Crippen LogP contribution in [-0.4, -0.2) is 29.8 Å². The molecule has 3 nitrogen and oxygen atoms in total. The van der Waals surface area contributed by atoms with Gasteiger partial charge in [-0.3, -0.25) is 0 Å². The first-order valence-corrected chi connectivity index (χ1v) is 5.56. The molecule has 1 fully saturated rings. The van der Waals surface area contributed by atoms with Gasteiger partial charge in [0.05, 0.1) is 0 Å². The number of rotatable bonds is 2. The quantitative estimate of drug-likeness (QED) is 0.875. The third kappa shape index (κ3) is 2.07. The first-order chi connectivity index (χ1) is 6.79. The number of aromatic nitrogens is 1. The van der Waals surface area contributed by atoms with Crippen molar-refractivity contribution in [3.8, 4) is 0 Å². The van der Waals surface area contributed by atoms with Crippen LogP contribution in [0.1, 0.15) is 6.42 Å². The van der Waals surface area contributed by atoms with Gasteiger partial charge in [0.2, 0.25) is 0 Å². The van der Waals surface area contributed by atoms with Gasteiger partial charge in [0.1, 0.15) is 5.82 Å². The maximum atomic E-state index is 9.02. The average Bonchev–Trinajstić information content (AvgIpc) is 2.67. The second kappa shape index (κ2) is 4.28. The van der Waals surface area contributed by atoms with Gasteiger partial charge in [-0.25, -0.2) is 4.98 Å². The van der Waals surface area contributed by atoms with Crippen LogP contribution in [0.3, 0.4) is 0 Å². The summed E-state index contributed by atoms with van der Waals surface area (Å²) in [5.74, 6) is 1.42. The zero-order valence-corrected chi connectivity index (χ0v) is 9.44. The SMILES string of the molecule is OC[C@@H]1CCN(c2ccc(Br)cn2)C1. The van der Waals surface area contributed by atoms with E-state index < -0.39 is 0 Å². The molecule has 76 valence electrons. The smallest absolute Gasteiger partial charge is 0.128 e. The second-order valence-electron chi connectivity index (χ2n) is 3.62. The standard InChI is InChI=1S/C10H13BrN2O/c11-9-1-2-10(12-5-9)13-4-3-8(6-13)7-14/h1-2,5,8,14H,3-4,6-7H2/t8-/m1/s1. The minimum Gasteiger partial charge on any atom is -0.396 e. The molecule has 1 N–H and O–H groups in total. The van der Waals surface area contributed by atoms with Crippen molar-refractivity contribution in [1.82, 2.24) is 4.98 Å². The number of anilines is 1. The van der Waals surface area contributed by atoms with Crippen LogP contribution in [0.2, 0.25) is 0 Å². The zero-order valence-electron chi connectivity index (χ0n) is 7.86. The van der Waals surface area contributed by atoms with Crippen LogP contribution in [0.4, 0.5) is 5.82 Å². The Labute approximate surface area is 91.9 Å². The van der Waals surface area contributed by atoms with Crippen molar-refractivity contribution in [1.29, 1.82) is 0 Å². The number of hydrogen-bond donors (Lipinski definition) is 1. The molecule has 0 bridgehead atoms. The molecule has 0 saturated carbocycles. The third-order valence-electron chi connectivity index (χ3n) is 2.58. The van der Waals surface area contributed by atoms with Crippen molar-refractivity contribution in [3.63, 3.8) is 0 Å². The van der Waals surface area contributed by atoms with Gasteiger partial charge in [0.25, 0.3) is 0 Å². The van der Waals surface area contributed by atoms with Crippen molar-refractivity contribution in [3.05, 3.63) is 22.8 Å². The van der Waals surface area contributed by atoms with Gasteiger partial charge < -0.3 is 10.0 Å². The van der Waals surface area contributed by atoms with Crippen LogP contribution in [0, 0.1) is 5.92 Å². The number of aliphatic hydroxyl groups excluding tert-OH is 1. The van der Waals surface area contributed by atoms with Crippen LogP contribution < -0.4 is 4.90 Å². The molecule has 0 aliphatic carbocycles. The molecule has 0 radical (unpaired) electrons. The van der Waals surface area contributed by atoms with E-state index in [4.69, 9.17) is 5.11 Å². The molecule has 1 aliphatic heterocycles. The molecule has 1 aromatic heterocycles. The van der Waals surface area contributed by atoms with E-state index in [1.54, 1.807) is 0 Å². The maximum absolute atomic E-state index is 9.02. The molecule has 1 saturated heterocycles. The maximum Gasteiger partial charge on any atom is 0.128 e. The monoisotopic (exact) mass is 256 g/mol. The molecule has 2 rings (SSSR count). The molecule has 0 aromatic carbocycles. The lowest BCUT2D eigenvalue weighted by Gasteiger charge is -2.16. The van der Waals surface area contributed by atoms with Gasteiger partial charge in [-0.2, -0.15) is 0 Å². The Hall–Kier alpha value is -0.610. The van der Waals surface area contributed by atoms with Gasteiger partial charge in [0, 0.05) is 36.3 Å². The molecule has 1 atom stereocenters. The van der Waals surface area contributed by atoms with E-state index in [9.17, 15) is 0 Å². The van der Waals surface area contributed by atoms with Crippen molar-refractivity contribution >= 4 is 21.7 Å². The molecule has 2 heterocycles. The summed E-state index contributed by atoms with van der Waals surface area (Å²) in [7, 11) is 0. The first kappa shape index (κ1) is 9.93.